The number of carbonyl (C=O) groups is 2. The van der Waals surface area contributed by atoms with Crippen LogP contribution in [-0.4, -0.2) is 121 Å². The molecule has 1 aliphatic heterocycles. The standard InChI is InChI=1S/C9H14.C8H17N.C7H15NO.C7H17N.C7H14.C7H12.C6H11N.C6H12.C6H10.C5H9F3.C5H11NO.2C5H12O.5C5H12.C4H10O.C3H8.C2H6/c1-9(2,3)7-6-8-4-5-8;1-8(2,3)9-6-4-5-7-9;1-7(2,3)6(9)8(4)5;1-7(2,3)6-8(4)5;1-7(2,3)6-4-5-6;1-5-6-7(2,3)4;1-6(2,3)4-5-7;2*1-5-6(2,3)4;1-4(2,3)5(6,7)8;1-5(2,3)4(6)7;1-5(2,3)6-4;1-5(2,3)4-6;5*1-5(2,3)4;1-4(2,3)5;1-3-2;1-2/h8H,4-5H2,1-3H3;4-7H2,1-3H3;1-5H3;6H2,1-5H3;6H,4-5H2,1-3H3;1-4H3;4H2,1-3H3;5H,1H2,2-4H3;1H,2-4H3;1-3H3;1-3H3,(H2,6,7);1-4H3;6H,4H2,1-3H3;5*1-4H3;5H,1-3H3;3H2,1-2H3;1-2H3. The Hall–Kier alpha value is -3.56. The van der Waals surface area contributed by atoms with Gasteiger partial charge in [-0.15, -0.1) is 24.8 Å². The summed E-state index contributed by atoms with van der Waals surface area (Å²) in [5.74, 6) is 16.7. The highest BCUT2D eigenvalue weighted by atomic mass is 19.4. The molecule has 0 aromatic heterocycles. The van der Waals surface area contributed by atoms with E-state index in [4.69, 9.17) is 32.4 Å². The van der Waals surface area contributed by atoms with E-state index in [9.17, 15) is 22.8 Å². The number of ether oxygens (including phenoxy) is 1. The SMILES string of the molecule is C#CC(C)(C)C.C=CC(C)(C)C.CC.CC#CC(C)(C)C.CC(C)(C)C.CC(C)(C)C.CC(C)(C)C.CC(C)(C)C.CC(C)(C)C.CC(C)(C)C#CC1CC1.CC(C)(C)C(F)(F)F.CC(C)(C)C(N)=O.CC(C)(C)C1CC1.CC(C)(C)CC#N.CC(C)(C)CO.CC(C)(C)N1CCCC1.CC(C)(C)O.CCC.CN(C)C(=O)C(C)(C)C.CN(C)CC(C)(C)C.COC(C)(C)C. The van der Waals surface area contributed by atoms with Crippen LogP contribution in [0, 0.1) is 146 Å². The average molecular weight is 1860 g/mol. The number of rotatable bonds is 1. The monoisotopic (exact) mass is 1860 g/mol. The molecule has 4 N–H and O–H groups in total. The highest BCUT2D eigenvalue weighted by molar-refractivity contribution is 5.81. The first-order valence-corrected chi connectivity index (χ1v) is 48.8. The van der Waals surface area contributed by atoms with E-state index in [1.165, 1.54) is 58.0 Å². The number of allylic oxidation sites excluding steroid dienone is 1. The maximum absolute atomic E-state index is 11.6. The highest BCUT2D eigenvalue weighted by Crippen LogP contribution is 2.44. The van der Waals surface area contributed by atoms with E-state index < -0.39 is 17.2 Å². The summed E-state index contributed by atoms with van der Waals surface area (Å²) in [6, 6.07) is 2.11. The second kappa shape index (κ2) is 78.4. The number of aliphatic hydroxyl groups excluding tert-OH is 1. The molecule has 1 saturated heterocycles. The van der Waals surface area contributed by atoms with Crippen LogP contribution in [0.4, 0.5) is 13.2 Å². The summed E-state index contributed by atoms with van der Waals surface area (Å²) in [6.07, 6.45) is 13.3. The third-order valence-corrected chi connectivity index (χ3v) is 11.8. The lowest BCUT2D eigenvalue weighted by molar-refractivity contribution is -0.204. The van der Waals surface area contributed by atoms with Crippen LogP contribution in [0.5, 0.6) is 0 Å². The Labute approximate surface area is 823 Å². The Morgan fingerprint density at radius 3 is 0.754 bits per heavy atom. The third kappa shape index (κ3) is 316. The molecule has 2 amide bonds. The topological polar surface area (TPSA) is 143 Å². The van der Waals surface area contributed by atoms with Gasteiger partial charge in [-0.2, -0.15) is 18.4 Å². The van der Waals surface area contributed by atoms with Crippen LogP contribution in [0.15, 0.2) is 12.7 Å². The van der Waals surface area contributed by atoms with Gasteiger partial charge >= 0.3 is 6.18 Å². The normalized spacial score (nSPS) is 13.3. The smallest absolute Gasteiger partial charge is 0.393 e. The lowest BCUT2D eigenvalue weighted by Crippen LogP contribution is -2.38. The second-order valence-corrected chi connectivity index (χ2v) is 57.3. The summed E-state index contributed by atoms with van der Waals surface area (Å²) < 4.78 is 39.6. The van der Waals surface area contributed by atoms with E-state index >= 15 is 0 Å². The maximum Gasteiger partial charge on any atom is 0.393 e. The molecule has 130 heavy (non-hydrogen) atoms. The van der Waals surface area contributed by atoms with Crippen molar-refractivity contribution < 1.29 is 37.7 Å². The molecule has 13 heteroatoms. The van der Waals surface area contributed by atoms with E-state index in [-0.39, 0.29) is 61.9 Å². The number of hydrogen-bond donors (Lipinski definition) is 3. The zero-order valence-electron chi connectivity index (χ0n) is 103. The minimum absolute atomic E-state index is 0.0417. The molecule has 2 saturated carbocycles. The Kier molecular flexibility index (Phi) is 102. The van der Waals surface area contributed by atoms with Crippen LogP contribution in [0.1, 0.15) is 515 Å². The van der Waals surface area contributed by atoms with Crippen molar-refractivity contribution in [1.82, 2.24) is 14.7 Å². The molecule has 0 aromatic carbocycles. The third-order valence-electron chi connectivity index (χ3n) is 11.8. The van der Waals surface area contributed by atoms with Crippen molar-refractivity contribution in [2.75, 3.05) is 61.5 Å². The van der Waals surface area contributed by atoms with Crippen molar-refractivity contribution in [3.63, 3.8) is 0 Å². The van der Waals surface area contributed by atoms with Gasteiger partial charge in [0.1, 0.15) is 0 Å². The van der Waals surface area contributed by atoms with Crippen LogP contribution in [0.2, 0.25) is 0 Å². The number of primary amides is 1. The summed E-state index contributed by atoms with van der Waals surface area (Å²) >= 11 is 0. The fourth-order valence-corrected chi connectivity index (χ4v) is 5.12. The van der Waals surface area contributed by atoms with Crippen LogP contribution in [-0.2, 0) is 14.3 Å². The molecule has 0 radical (unpaired) electrons. The number of carbonyl (C=O) groups excluding carboxylic acids is 2. The fourth-order valence-electron chi connectivity index (χ4n) is 5.12. The number of halogens is 3. The minimum Gasteiger partial charge on any atom is -0.396 e. The molecule has 794 valence electrons. The van der Waals surface area contributed by atoms with Crippen molar-refractivity contribution in [3.05, 3.63) is 12.7 Å². The van der Waals surface area contributed by atoms with Crippen molar-refractivity contribution in [2.24, 2.45) is 104 Å². The van der Waals surface area contributed by atoms with Gasteiger partial charge in [0.2, 0.25) is 11.8 Å². The van der Waals surface area contributed by atoms with Crippen molar-refractivity contribution in [2.45, 2.75) is 538 Å². The van der Waals surface area contributed by atoms with Crippen molar-refractivity contribution >= 4 is 11.8 Å². The van der Waals surface area contributed by atoms with Gasteiger partial charge in [-0.3, -0.25) is 14.5 Å². The molecule has 10 nitrogen and oxygen atoms in total. The Morgan fingerprint density at radius 2 is 0.715 bits per heavy atom. The molecular formula is C117H250F3N5O5. The molecule has 3 fully saturated rings. The van der Waals surface area contributed by atoms with Gasteiger partial charge in [-0.1, -0.05) is 363 Å². The molecule has 0 unspecified atom stereocenters. The van der Waals surface area contributed by atoms with E-state index in [0.717, 1.165) is 39.2 Å². The van der Waals surface area contributed by atoms with Crippen LogP contribution < -0.4 is 5.73 Å². The van der Waals surface area contributed by atoms with E-state index in [2.05, 4.69) is 364 Å². The Bertz CT molecular complexity index is 2590. The van der Waals surface area contributed by atoms with Crippen molar-refractivity contribution in [1.29, 1.82) is 5.26 Å². The number of amides is 2. The van der Waals surface area contributed by atoms with Gasteiger partial charge in [-0.05, 0) is 257 Å². The first-order chi connectivity index (χ1) is 55.5. The number of nitrogens with two attached hydrogens (primary N) is 1. The molecule has 0 atom stereocenters. The predicted molar refractivity (Wildman–Crippen MR) is 592 cm³/mol. The zero-order valence-corrected chi connectivity index (χ0v) is 103. The largest absolute Gasteiger partial charge is 0.396 e. The molecule has 1 heterocycles. The lowest BCUT2D eigenvalue weighted by atomic mass is 9.91. The Morgan fingerprint density at radius 1 is 0.492 bits per heavy atom. The van der Waals surface area contributed by atoms with E-state index in [0.29, 0.717) is 55.3 Å². The van der Waals surface area contributed by atoms with Gasteiger partial charge in [-0.25, -0.2) is 0 Å². The number of methoxy groups -OCH3 is 1. The summed E-state index contributed by atoms with van der Waals surface area (Å²) in [4.78, 5) is 27.7. The van der Waals surface area contributed by atoms with Crippen LogP contribution in [0.3, 0.4) is 0 Å². The van der Waals surface area contributed by atoms with Gasteiger partial charge < -0.3 is 30.5 Å². The van der Waals surface area contributed by atoms with Gasteiger partial charge in [0.05, 0.1) is 22.7 Å². The van der Waals surface area contributed by atoms with E-state index in [1.54, 1.807) is 67.6 Å². The van der Waals surface area contributed by atoms with Gasteiger partial charge in [0.25, 0.3) is 0 Å². The summed E-state index contributed by atoms with van der Waals surface area (Å²) in [5, 5.41) is 25.1. The number of nitriles is 1. The molecular weight excluding hydrogens is 1610 g/mol. The van der Waals surface area contributed by atoms with E-state index in [1.807, 2.05) is 110 Å². The first-order valence-electron chi connectivity index (χ1n) is 48.8. The average Bonchev–Trinajstić information content (AvgIpc) is 1.72. The fraction of sp³-hybridized carbons (Fsp3) is 0.906. The quantitative estimate of drug-likeness (QED) is 0.174. The zero-order chi connectivity index (χ0) is 111. The Balaban J connectivity index is -0.0000000637. The number of terminal acetylenes is 1. The molecule has 0 aromatic rings. The maximum atomic E-state index is 11.6. The number of likely N-dealkylation sites (tertiary alicyclic amines) is 1. The molecule has 0 spiro atoms. The summed E-state index contributed by atoms with van der Waals surface area (Å²) in [5.41, 5.74) is 7.35. The van der Waals surface area contributed by atoms with Gasteiger partial charge in [0, 0.05) is 79.3 Å². The van der Waals surface area contributed by atoms with Crippen LogP contribution >= 0.6 is 0 Å². The lowest BCUT2D eigenvalue weighted by Gasteiger charge is -2.31. The summed E-state index contributed by atoms with van der Waals surface area (Å²) in [6.45, 7) is 145. The predicted octanol–water partition coefficient (Wildman–Crippen LogP) is 36.4. The number of hydrogen-bond acceptors (Lipinski definition) is 8. The molecule has 0 bridgehead atoms. The summed E-state index contributed by atoms with van der Waals surface area (Å²) in [7, 11) is 9.46. The molecule has 3 aliphatic rings. The first kappa shape index (κ1) is 169. The minimum atomic E-state index is -4.06. The van der Waals surface area contributed by atoms with Crippen LogP contribution in [0.25, 0.3) is 0 Å². The number of alkyl halides is 3. The second-order valence-electron chi connectivity index (χ2n) is 57.3. The number of aliphatic hydroxyl groups is 2. The molecule has 2 aliphatic carbocycles. The van der Waals surface area contributed by atoms with Crippen molar-refractivity contribution in [3.8, 4) is 42.1 Å². The van der Waals surface area contributed by atoms with Gasteiger partial charge in [0.15, 0.2) is 0 Å². The highest BCUT2D eigenvalue weighted by Gasteiger charge is 2.43. The molecule has 3 rings (SSSR count). The number of nitrogens with zero attached hydrogens (tertiary/aromatic N) is 4.